The average molecular weight is 432 g/mol. The molecule has 2 heterocycles. The molecule has 31 heavy (non-hydrogen) atoms. The lowest BCUT2D eigenvalue weighted by molar-refractivity contribution is -0.139. The van der Waals surface area contributed by atoms with Crippen LogP contribution in [0.25, 0.3) is 11.1 Å². The summed E-state index contributed by atoms with van der Waals surface area (Å²) in [6.45, 7) is 6.82. The molecular weight excluding hydrogens is 405 g/mol. The molecule has 0 unspecified atom stereocenters. The lowest BCUT2D eigenvalue weighted by Gasteiger charge is -2.19. The second kappa shape index (κ2) is 9.90. The molecule has 0 spiro atoms. The molecule has 3 aromatic rings. The fourth-order valence-corrected chi connectivity index (χ4v) is 3.46. The van der Waals surface area contributed by atoms with Crippen molar-refractivity contribution in [1.82, 2.24) is 4.98 Å². The third kappa shape index (κ3) is 6.51. The Bertz CT molecular complexity index is 969. The van der Waals surface area contributed by atoms with Gasteiger partial charge < -0.3 is 14.5 Å². The monoisotopic (exact) mass is 432 g/mol. The van der Waals surface area contributed by atoms with Gasteiger partial charge in [0.15, 0.2) is 0 Å². The standard InChI is InChI=1S/C24H27F3N2O2/c1-16(2)11-17(3)15-31-22-7-6-18(12-21(22)24(25,26)27)19-8-9-28-23(13-19)29-14-20-5-4-10-30-20/h4-10,12-13,16-17H,11,14-15H2,1-3H3,(H,28,29)/t17-/m1/s1. The van der Waals surface area contributed by atoms with Gasteiger partial charge in [-0.05, 0) is 65.8 Å². The molecule has 1 N–H and O–H groups in total. The summed E-state index contributed by atoms with van der Waals surface area (Å²) in [6, 6.07) is 11.2. The van der Waals surface area contributed by atoms with Crippen LogP contribution in [-0.2, 0) is 12.7 Å². The molecule has 0 aliphatic heterocycles. The number of furan rings is 1. The molecule has 0 aliphatic rings. The van der Waals surface area contributed by atoms with Crippen LogP contribution in [0.1, 0.15) is 38.5 Å². The first-order valence-electron chi connectivity index (χ1n) is 10.3. The zero-order valence-corrected chi connectivity index (χ0v) is 17.9. The summed E-state index contributed by atoms with van der Waals surface area (Å²) in [5.41, 5.74) is 0.296. The van der Waals surface area contributed by atoms with Crippen molar-refractivity contribution in [1.29, 1.82) is 0 Å². The number of nitrogens with zero attached hydrogens (tertiary/aromatic N) is 1. The van der Waals surface area contributed by atoms with Gasteiger partial charge in [-0.25, -0.2) is 4.98 Å². The number of aromatic nitrogens is 1. The van der Waals surface area contributed by atoms with E-state index in [1.165, 1.54) is 6.07 Å². The van der Waals surface area contributed by atoms with Gasteiger partial charge in [0.05, 0.1) is 25.0 Å². The molecule has 4 nitrogen and oxygen atoms in total. The maximum Gasteiger partial charge on any atom is 0.419 e. The molecule has 3 rings (SSSR count). The van der Waals surface area contributed by atoms with Crippen molar-refractivity contribution >= 4 is 5.82 Å². The predicted octanol–water partition coefficient (Wildman–Crippen LogP) is 7.03. The molecule has 0 saturated carbocycles. The molecule has 0 fully saturated rings. The van der Waals surface area contributed by atoms with Gasteiger partial charge in [0.1, 0.15) is 17.3 Å². The number of hydrogen-bond donors (Lipinski definition) is 1. The topological polar surface area (TPSA) is 47.3 Å². The molecule has 0 radical (unpaired) electrons. The number of anilines is 1. The van der Waals surface area contributed by atoms with E-state index in [1.807, 2.05) is 13.0 Å². The normalized spacial score (nSPS) is 12.7. The van der Waals surface area contributed by atoms with Crippen LogP contribution < -0.4 is 10.1 Å². The molecule has 2 aromatic heterocycles. The largest absolute Gasteiger partial charge is 0.493 e. The highest BCUT2D eigenvalue weighted by atomic mass is 19.4. The Balaban J connectivity index is 1.79. The Labute approximate surface area is 180 Å². The summed E-state index contributed by atoms with van der Waals surface area (Å²) in [5, 5.41) is 3.11. The smallest absolute Gasteiger partial charge is 0.419 e. The van der Waals surface area contributed by atoms with Crippen molar-refractivity contribution in [2.24, 2.45) is 11.8 Å². The van der Waals surface area contributed by atoms with Gasteiger partial charge in [-0.2, -0.15) is 13.2 Å². The zero-order valence-electron chi connectivity index (χ0n) is 17.9. The third-order valence-corrected chi connectivity index (χ3v) is 4.80. The SMILES string of the molecule is CC(C)C[C@@H](C)COc1ccc(-c2ccnc(NCc3ccco3)c2)cc1C(F)(F)F. The highest BCUT2D eigenvalue weighted by Gasteiger charge is 2.35. The Morgan fingerprint density at radius 1 is 1.06 bits per heavy atom. The maximum atomic E-state index is 13.7. The predicted molar refractivity (Wildman–Crippen MR) is 115 cm³/mol. The van der Waals surface area contributed by atoms with Crippen molar-refractivity contribution in [3.8, 4) is 16.9 Å². The molecular formula is C24H27F3N2O2. The highest BCUT2D eigenvalue weighted by molar-refractivity contribution is 5.68. The Morgan fingerprint density at radius 2 is 1.84 bits per heavy atom. The number of nitrogens with one attached hydrogen (secondary N) is 1. The van der Waals surface area contributed by atoms with Crippen molar-refractivity contribution < 1.29 is 22.3 Å². The van der Waals surface area contributed by atoms with E-state index in [4.69, 9.17) is 9.15 Å². The number of ether oxygens (including phenoxy) is 1. The van der Waals surface area contributed by atoms with Crippen molar-refractivity contribution in [3.63, 3.8) is 0 Å². The summed E-state index contributed by atoms with van der Waals surface area (Å²) < 4.78 is 52.0. The van der Waals surface area contributed by atoms with E-state index in [1.54, 1.807) is 36.7 Å². The summed E-state index contributed by atoms with van der Waals surface area (Å²) in [5.74, 6) is 1.77. The van der Waals surface area contributed by atoms with Crippen LogP contribution in [0.4, 0.5) is 19.0 Å². The number of rotatable bonds is 9. The summed E-state index contributed by atoms with van der Waals surface area (Å²) >= 11 is 0. The van der Waals surface area contributed by atoms with E-state index < -0.39 is 11.7 Å². The molecule has 1 aromatic carbocycles. The van der Waals surface area contributed by atoms with Gasteiger partial charge in [0.2, 0.25) is 0 Å². The molecule has 0 aliphatic carbocycles. The van der Waals surface area contributed by atoms with Crippen LogP contribution >= 0.6 is 0 Å². The quantitative estimate of drug-likeness (QED) is 0.394. The first-order valence-corrected chi connectivity index (χ1v) is 10.3. The Kier molecular flexibility index (Phi) is 7.25. The fraction of sp³-hybridized carbons (Fsp3) is 0.375. The molecule has 0 amide bonds. The van der Waals surface area contributed by atoms with Crippen LogP contribution in [0, 0.1) is 11.8 Å². The minimum atomic E-state index is -4.51. The van der Waals surface area contributed by atoms with Gasteiger partial charge in [0, 0.05) is 6.20 Å². The van der Waals surface area contributed by atoms with E-state index in [0.717, 1.165) is 18.2 Å². The molecule has 0 saturated heterocycles. The summed E-state index contributed by atoms with van der Waals surface area (Å²) in [4.78, 5) is 4.23. The molecule has 7 heteroatoms. The van der Waals surface area contributed by atoms with Crippen LogP contribution in [0.3, 0.4) is 0 Å². The lowest BCUT2D eigenvalue weighted by Crippen LogP contribution is -2.14. The summed E-state index contributed by atoms with van der Waals surface area (Å²) in [6.07, 6.45) is -0.484. The summed E-state index contributed by atoms with van der Waals surface area (Å²) in [7, 11) is 0. The number of benzene rings is 1. The first kappa shape index (κ1) is 22.7. The fourth-order valence-electron chi connectivity index (χ4n) is 3.46. The Morgan fingerprint density at radius 3 is 2.52 bits per heavy atom. The number of pyridine rings is 1. The van der Waals surface area contributed by atoms with Crippen molar-refractivity contribution in [2.75, 3.05) is 11.9 Å². The van der Waals surface area contributed by atoms with Crippen LogP contribution in [0.5, 0.6) is 5.75 Å². The zero-order chi connectivity index (χ0) is 22.4. The van der Waals surface area contributed by atoms with E-state index >= 15 is 0 Å². The number of hydrogen-bond acceptors (Lipinski definition) is 4. The van der Waals surface area contributed by atoms with E-state index in [2.05, 4.69) is 24.1 Å². The third-order valence-electron chi connectivity index (χ3n) is 4.80. The Hall–Kier alpha value is -2.96. The minimum absolute atomic E-state index is 0.142. The van der Waals surface area contributed by atoms with Crippen LogP contribution in [-0.4, -0.2) is 11.6 Å². The van der Waals surface area contributed by atoms with Gasteiger partial charge in [-0.1, -0.05) is 26.8 Å². The number of alkyl halides is 3. The molecule has 0 bridgehead atoms. The number of halogens is 3. The second-order valence-corrected chi connectivity index (χ2v) is 8.12. The lowest BCUT2D eigenvalue weighted by atomic mass is 9.99. The van der Waals surface area contributed by atoms with Crippen LogP contribution in [0.2, 0.25) is 0 Å². The van der Waals surface area contributed by atoms with Crippen molar-refractivity contribution in [2.45, 2.75) is 39.9 Å². The molecule has 166 valence electrons. The maximum absolute atomic E-state index is 13.7. The first-order chi connectivity index (χ1) is 14.7. The van der Waals surface area contributed by atoms with Crippen molar-refractivity contribution in [3.05, 3.63) is 66.2 Å². The van der Waals surface area contributed by atoms with Gasteiger partial charge >= 0.3 is 6.18 Å². The second-order valence-electron chi connectivity index (χ2n) is 8.12. The van der Waals surface area contributed by atoms with E-state index in [9.17, 15) is 13.2 Å². The van der Waals surface area contributed by atoms with Gasteiger partial charge in [-0.3, -0.25) is 0 Å². The van der Waals surface area contributed by atoms with E-state index in [0.29, 0.717) is 29.4 Å². The highest BCUT2D eigenvalue weighted by Crippen LogP contribution is 2.39. The van der Waals surface area contributed by atoms with Crippen LogP contribution in [0.15, 0.2) is 59.3 Å². The minimum Gasteiger partial charge on any atom is -0.493 e. The van der Waals surface area contributed by atoms with Gasteiger partial charge in [0.25, 0.3) is 0 Å². The van der Waals surface area contributed by atoms with Gasteiger partial charge in [-0.15, -0.1) is 0 Å². The van der Waals surface area contributed by atoms with E-state index in [-0.39, 0.29) is 18.3 Å². The molecule has 1 atom stereocenters. The average Bonchev–Trinajstić information content (AvgIpc) is 3.23.